The second-order valence-electron chi connectivity index (χ2n) is 4.16. The third-order valence-corrected chi connectivity index (χ3v) is 2.72. The fourth-order valence-electron chi connectivity index (χ4n) is 1.84. The van der Waals surface area contributed by atoms with Crippen molar-refractivity contribution in [2.45, 2.75) is 26.8 Å². The number of hydrogen-bond donors (Lipinski definition) is 1. The molecule has 2 rings (SSSR count). The van der Waals surface area contributed by atoms with Gasteiger partial charge in [0.25, 0.3) is 0 Å². The number of aryl methyl sites for hydroxylation is 2. The van der Waals surface area contributed by atoms with Crippen LogP contribution < -0.4 is 5.73 Å². The van der Waals surface area contributed by atoms with Gasteiger partial charge in [-0.15, -0.1) is 0 Å². The number of nitrogens with zero attached hydrogens (tertiary/aromatic N) is 2. The number of nitrogens with two attached hydrogens (primary N) is 1. The van der Waals surface area contributed by atoms with Crippen molar-refractivity contribution >= 4 is 5.82 Å². The molecule has 0 radical (unpaired) electrons. The first kappa shape index (κ1) is 11.6. The van der Waals surface area contributed by atoms with E-state index in [2.05, 4.69) is 11.9 Å². The van der Waals surface area contributed by atoms with Crippen LogP contribution in [-0.2, 0) is 6.54 Å². The van der Waals surface area contributed by atoms with E-state index in [4.69, 9.17) is 5.73 Å². The molecule has 0 spiro atoms. The number of hydrogen-bond acceptors (Lipinski definition) is 2. The van der Waals surface area contributed by atoms with Gasteiger partial charge in [0.15, 0.2) is 0 Å². The Morgan fingerprint density at radius 2 is 2.18 bits per heavy atom. The summed E-state index contributed by atoms with van der Waals surface area (Å²) in [6.45, 7) is 4.78. The standard InChI is InChI=1S/C13H16FN3/c1-3-6-17-8-16-12(13(17)15)10-7-9(2)4-5-11(10)14/h4-5,7-8H,3,6,15H2,1-2H3. The summed E-state index contributed by atoms with van der Waals surface area (Å²) in [5.74, 6) is 0.236. The zero-order valence-corrected chi connectivity index (χ0v) is 10.1. The molecule has 3 nitrogen and oxygen atoms in total. The van der Waals surface area contributed by atoms with Gasteiger partial charge in [-0.3, -0.25) is 0 Å². The number of halogens is 1. The zero-order valence-electron chi connectivity index (χ0n) is 10.1. The average molecular weight is 233 g/mol. The van der Waals surface area contributed by atoms with Gasteiger partial charge in [0.2, 0.25) is 0 Å². The summed E-state index contributed by atoms with van der Waals surface area (Å²) in [4.78, 5) is 4.20. The van der Waals surface area contributed by atoms with Crippen molar-refractivity contribution in [3.63, 3.8) is 0 Å². The third-order valence-electron chi connectivity index (χ3n) is 2.72. The second kappa shape index (κ2) is 4.57. The number of anilines is 1. The van der Waals surface area contributed by atoms with Gasteiger partial charge in [0.1, 0.15) is 17.3 Å². The lowest BCUT2D eigenvalue weighted by atomic mass is 10.1. The molecular weight excluding hydrogens is 217 g/mol. The van der Waals surface area contributed by atoms with Crippen LogP contribution in [0.2, 0.25) is 0 Å². The molecule has 0 saturated carbocycles. The highest BCUT2D eigenvalue weighted by molar-refractivity contribution is 5.71. The predicted octanol–water partition coefficient (Wildman–Crippen LogP) is 2.99. The van der Waals surface area contributed by atoms with E-state index >= 15 is 0 Å². The molecule has 0 atom stereocenters. The summed E-state index contributed by atoms with van der Waals surface area (Å²) >= 11 is 0. The first-order valence-corrected chi connectivity index (χ1v) is 5.70. The van der Waals surface area contributed by atoms with Crippen LogP contribution in [0.15, 0.2) is 24.5 Å². The molecule has 0 bridgehead atoms. The highest BCUT2D eigenvalue weighted by atomic mass is 19.1. The molecule has 4 heteroatoms. The van der Waals surface area contributed by atoms with Crippen molar-refractivity contribution in [3.8, 4) is 11.3 Å². The smallest absolute Gasteiger partial charge is 0.132 e. The lowest BCUT2D eigenvalue weighted by Gasteiger charge is -2.05. The summed E-state index contributed by atoms with van der Waals surface area (Å²) in [5.41, 5.74) is 7.96. The molecule has 2 aromatic rings. The molecule has 0 fully saturated rings. The minimum Gasteiger partial charge on any atom is -0.383 e. The van der Waals surface area contributed by atoms with Crippen molar-refractivity contribution in [1.82, 2.24) is 9.55 Å². The molecule has 90 valence electrons. The molecule has 17 heavy (non-hydrogen) atoms. The SMILES string of the molecule is CCCn1cnc(-c2cc(C)ccc2F)c1N. The van der Waals surface area contributed by atoms with Crippen LogP contribution in [0.1, 0.15) is 18.9 Å². The van der Waals surface area contributed by atoms with Gasteiger partial charge >= 0.3 is 0 Å². The summed E-state index contributed by atoms with van der Waals surface area (Å²) in [6, 6.07) is 4.95. The average Bonchev–Trinajstić information content (AvgIpc) is 2.65. The van der Waals surface area contributed by atoms with E-state index in [1.807, 2.05) is 11.5 Å². The van der Waals surface area contributed by atoms with Crippen molar-refractivity contribution < 1.29 is 4.39 Å². The van der Waals surface area contributed by atoms with Crippen LogP contribution in [0.3, 0.4) is 0 Å². The van der Waals surface area contributed by atoms with E-state index in [-0.39, 0.29) is 5.82 Å². The van der Waals surface area contributed by atoms with Crippen LogP contribution >= 0.6 is 0 Å². The fraction of sp³-hybridized carbons (Fsp3) is 0.308. The van der Waals surface area contributed by atoms with Crippen LogP contribution in [0.5, 0.6) is 0 Å². The Kier molecular flexibility index (Phi) is 3.13. The molecule has 2 N–H and O–H groups in total. The van der Waals surface area contributed by atoms with E-state index in [9.17, 15) is 4.39 Å². The normalized spacial score (nSPS) is 10.8. The van der Waals surface area contributed by atoms with Gasteiger partial charge < -0.3 is 10.3 Å². The van der Waals surface area contributed by atoms with Gasteiger partial charge in [-0.25, -0.2) is 9.37 Å². The number of rotatable bonds is 3. The Balaban J connectivity index is 2.49. The van der Waals surface area contributed by atoms with Crippen molar-refractivity contribution in [2.75, 3.05) is 5.73 Å². The van der Waals surface area contributed by atoms with Crippen molar-refractivity contribution in [2.24, 2.45) is 0 Å². The summed E-state index contributed by atoms with van der Waals surface area (Å²) in [6.07, 6.45) is 2.63. The van der Waals surface area contributed by atoms with Gasteiger partial charge in [0, 0.05) is 12.1 Å². The summed E-state index contributed by atoms with van der Waals surface area (Å²) < 4.78 is 15.6. The number of aromatic nitrogens is 2. The lowest BCUT2D eigenvalue weighted by Crippen LogP contribution is -2.01. The Morgan fingerprint density at radius 3 is 2.88 bits per heavy atom. The first-order valence-electron chi connectivity index (χ1n) is 5.70. The van der Waals surface area contributed by atoms with Gasteiger partial charge in [-0.1, -0.05) is 18.6 Å². The number of benzene rings is 1. The first-order chi connectivity index (χ1) is 8.13. The summed E-state index contributed by atoms with van der Waals surface area (Å²) in [7, 11) is 0. The van der Waals surface area contributed by atoms with Crippen LogP contribution in [0, 0.1) is 12.7 Å². The van der Waals surface area contributed by atoms with Gasteiger partial charge in [0.05, 0.1) is 6.33 Å². The van der Waals surface area contributed by atoms with Crippen LogP contribution in [0.4, 0.5) is 10.2 Å². The van der Waals surface area contributed by atoms with E-state index in [1.165, 1.54) is 6.07 Å². The third kappa shape index (κ3) is 2.16. The van der Waals surface area contributed by atoms with Gasteiger partial charge in [-0.05, 0) is 25.5 Å². The molecule has 0 aliphatic rings. The Labute approximate surface area is 100 Å². The molecule has 1 aromatic heterocycles. The largest absolute Gasteiger partial charge is 0.383 e. The Hall–Kier alpha value is -1.84. The van der Waals surface area contributed by atoms with E-state index < -0.39 is 0 Å². The quantitative estimate of drug-likeness (QED) is 0.885. The van der Waals surface area contributed by atoms with Crippen molar-refractivity contribution in [3.05, 3.63) is 35.9 Å². The molecule has 1 heterocycles. The maximum absolute atomic E-state index is 13.7. The van der Waals surface area contributed by atoms with Crippen LogP contribution in [0.25, 0.3) is 11.3 Å². The minimum atomic E-state index is -0.288. The maximum Gasteiger partial charge on any atom is 0.132 e. The highest BCUT2D eigenvalue weighted by Gasteiger charge is 2.13. The minimum absolute atomic E-state index is 0.288. The molecule has 0 unspecified atom stereocenters. The van der Waals surface area contributed by atoms with E-state index in [1.54, 1.807) is 18.5 Å². The number of imidazole rings is 1. The molecule has 0 saturated heterocycles. The molecule has 0 amide bonds. The monoisotopic (exact) mass is 233 g/mol. The molecule has 0 aliphatic heterocycles. The van der Waals surface area contributed by atoms with E-state index in [0.717, 1.165) is 18.5 Å². The molecule has 0 aliphatic carbocycles. The summed E-state index contributed by atoms with van der Waals surface area (Å²) in [5, 5.41) is 0. The van der Waals surface area contributed by atoms with Gasteiger partial charge in [-0.2, -0.15) is 0 Å². The second-order valence-corrected chi connectivity index (χ2v) is 4.16. The highest BCUT2D eigenvalue weighted by Crippen LogP contribution is 2.27. The molecular formula is C13H16FN3. The number of nitrogen functional groups attached to an aromatic ring is 1. The lowest BCUT2D eigenvalue weighted by molar-refractivity contribution is 0.630. The van der Waals surface area contributed by atoms with E-state index in [0.29, 0.717) is 17.1 Å². The topological polar surface area (TPSA) is 43.8 Å². The fourth-order valence-corrected chi connectivity index (χ4v) is 1.84. The zero-order chi connectivity index (χ0) is 12.4. The Morgan fingerprint density at radius 1 is 1.41 bits per heavy atom. The van der Waals surface area contributed by atoms with Crippen molar-refractivity contribution in [1.29, 1.82) is 0 Å². The Bertz CT molecular complexity index is 531. The maximum atomic E-state index is 13.7. The predicted molar refractivity (Wildman–Crippen MR) is 67.1 cm³/mol. The van der Waals surface area contributed by atoms with Crippen LogP contribution in [-0.4, -0.2) is 9.55 Å². The molecule has 1 aromatic carbocycles.